The van der Waals surface area contributed by atoms with Crippen LogP contribution in [0.5, 0.6) is 0 Å². The fourth-order valence-corrected chi connectivity index (χ4v) is 3.67. The molecule has 0 bridgehead atoms. The number of aliphatic hydroxyl groups excluding tert-OH is 1. The summed E-state index contributed by atoms with van der Waals surface area (Å²) in [5.74, 6) is -1.88. The van der Waals surface area contributed by atoms with Gasteiger partial charge in [-0.1, -0.05) is 18.2 Å². The highest BCUT2D eigenvalue weighted by Gasteiger charge is 2.18. The predicted octanol–water partition coefficient (Wildman–Crippen LogP) is 2.65. The van der Waals surface area contributed by atoms with Crippen molar-refractivity contribution in [2.75, 3.05) is 17.2 Å². The number of amides is 3. The van der Waals surface area contributed by atoms with E-state index in [-0.39, 0.29) is 12.5 Å². The molecule has 0 saturated carbocycles. The summed E-state index contributed by atoms with van der Waals surface area (Å²) < 4.78 is 1.04. The lowest BCUT2D eigenvalue weighted by Crippen LogP contribution is -2.37. The van der Waals surface area contributed by atoms with E-state index in [1.54, 1.807) is 24.3 Å². The minimum atomic E-state index is -0.912. The van der Waals surface area contributed by atoms with Crippen molar-refractivity contribution >= 4 is 50.5 Å². The third-order valence-electron chi connectivity index (χ3n) is 4.00. The van der Waals surface area contributed by atoms with E-state index in [1.807, 2.05) is 29.6 Å². The van der Waals surface area contributed by atoms with Gasteiger partial charge in [0.15, 0.2) is 0 Å². The highest BCUT2D eigenvalue weighted by molar-refractivity contribution is 7.17. The van der Waals surface area contributed by atoms with Crippen LogP contribution in [-0.2, 0) is 14.4 Å². The van der Waals surface area contributed by atoms with Gasteiger partial charge in [0.2, 0.25) is 5.91 Å². The highest BCUT2D eigenvalue weighted by Crippen LogP contribution is 2.29. The number of carbonyl (C=O) groups excluding carboxylic acids is 3. The number of rotatable bonds is 5. The standard InChI is InChI=1S/C20H19N3O4S/c1-12(24)22-13-6-8-14(9-7-13)23-20(27)19(26)21-10-17(25)16-11-28-18-5-3-2-4-15(16)18/h2-9,11,17,25H,10H2,1H3,(H,21,26)(H,22,24)(H,23,27). The molecule has 0 aliphatic carbocycles. The van der Waals surface area contributed by atoms with Gasteiger partial charge in [-0.15, -0.1) is 11.3 Å². The monoisotopic (exact) mass is 397 g/mol. The molecule has 0 saturated heterocycles. The van der Waals surface area contributed by atoms with E-state index < -0.39 is 17.9 Å². The first-order chi connectivity index (χ1) is 13.4. The van der Waals surface area contributed by atoms with Crippen LogP contribution >= 0.6 is 11.3 Å². The molecule has 28 heavy (non-hydrogen) atoms. The Balaban J connectivity index is 1.54. The van der Waals surface area contributed by atoms with Crippen LogP contribution in [0, 0.1) is 0 Å². The van der Waals surface area contributed by atoms with Crippen molar-refractivity contribution in [3.8, 4) is 0 Å². The molecule has 3 amide bonds. The second-order valence-corrected chi connectivity index (χ2v) is 7.04. The zero-order chi connectivity index (χ0) is 20.1. The Labute approximate surface area is 165 Å². The third kappa shape index (κ3) is 4.73. The molecule has 7 nitrogen and oxygen atoms in total. The van der Waals surface area contributed by atoms with Gasteiger partial charge in [-0.05, 0) is 41.1 Å². The lowest BCUT2D eigenvalue weighted by molar-refractivity contribution is -0.136. The van der Waals surface area contributed by atoms with Gasteiger partial charge in [0, 0.05) is 35.1 Å². The topological polar surface area (TPSA) is 108 Å². The number of nitrogens with one attached hydrogen (secondary N) is 3. The minimum absolute atomic E-state index is 0.0750. The van der Waals surface area contributed by atoms with E-state index in [2.05, 4.69) is 16.0 Å². The first-order valence-corrected chi connectivity index (χ1v) is 9.43. The van der Waals surface area contributed by atoms with Crippen molar-refractivity contribution in [3.05, 3.63) is 59.5 Å². The summed E-state index contributed by atoms with van der Waals surface area (Å²) in [5, 5.41) is 20.6. The first-order valence-electron chi connectivity index (χ1n) is 8.55. The quantitative estimate of drug-likeness (QED) is 0.497. The predicted molar refractivity (Wildman–Crippen MR) is 109 cm³/mol. The summed E-state index contributed by atoms with van der Waals surface area (Å²) in [6, 6.07) is 14.0. The summed E-state index contributed by atoms with van der Waals surface area (Å²) in [6.45, 7) is 1.32. The van der Waals surface area contributed by atoms with Crippen LogP contribution in [0.25, 0.3) is 10.1 Å². The largest absolute Gasteiger partial charge is 0.387 e. The molecule has 8 heteroatoms. The van der Waals surface area contributed by atoms with Crippen LogP contribution in [0.2, 0.25) is 0 Å². The molecule has 3 rings (SSSR count). The number of benzene rings is 2. The third-order valence-corrected chi connectivity index (χ3v) is 4.98. The molecular formula is C20H19N3O4S. The molecule has 0 radical (unpaired) electrons. The maximum atomic E-state index is 12.0. The van der Waals surface area contributed by atoms with E-state index in [9.17, 15) is 19.5 Å². The van der Waals surface area contributed by atoms with Gasteiger partial charge in [-0.2, -0.15) is 0 Å². The summed E-state index contributed by atoms with van der Waals surface area (Å²) in [4.78, 5) is 35.0. The van der Waals surface area contributed by atoms with Gasteiger partial charge < -0.3 is 21.1 Å². The number of thiophene rings is 1. The number of hydrogen-bond acceptors (Lipinski definition) is 5. The molecule has 0 aliphatic rings. The number of fused-ring (bicyclic) bond motifs is 1. The van der Waals surface area contributed by atoms with Crippen LogP contribution in [0.1, 0.15) is 18.6 Å². The van der Waals surface area contributed by atoms with E-state index in [1.165, 1.54) is 18.3 Å². The second-order valence-electron chi connectivity index (χ2n) is 6.13. The highest BCUT2D eigenvalue weighted by atomic mass is 32.1. The molecule has 0 spiro atoms. The average molecular weight is 397 g/mol. The number of anilines is 2. The molecule has 1 aromatic heterocycles. The van der Waals surface area contributed by atoms with E-state index in [0.29, 0.717) is 11.4 Å². The zero-order valence-electron chi connectivity index (χ0n) is 15.1. The Hall–Kier alpha value is -3.23. The van der Waals surface area contributed by atoms with E-state index in [0.717, 1.165) is 15.6 Å². The molecule has 2 aromatic carbocycles. The molecule has 4 N–H and O–H groups in total. The van der Waals surface area contributed by atoms with Gasteiger partial charge in [-0.25, -0.2) is 0 Å². The number of hydrogen-bond donors (Lipinski definition) is 4. The van der Waals surface area contributed by atoms with Crippen molar-refractivity contribution in [3.63, 3.8) is 0 Å². The molecule has 1 atom stereocenters. The minimum Gasteiger partial charge on any atom is -0.387 e. The van der Waals surface area contributed by atoms with Crippen LogP contribution in [0.15, 0.2) is 53.9 Å². The molecule has 3 aromatic rings. The Morgan fingerprint density at radius 1 is 0.964 bits per heavy atom. The Morgan fingerprint density at radius 3 is 2.29 bits per heavy atom. The fraction of sp³-hybridized carbons (Fsp3) is 0.150. The van der Waals surface area contributed by atoms with Crippen LogP contribution in [0.3, 0.4) is 0 Å². The number of aliphatic hydroxyl groups is 1. The normalized spacial score (nSPS) is 11.6. The van der Waals surface area contributed by atoms with Crippen LogP contribution in [-0.4, -0.2) is 29.4 Å². The molecule has 1 unspecified atom stereocenters. The van der Waals surface area contributed by atoms with Crippen LogP contribution < -0.4 is 16.0 Å². The van der Waals surface area contributed by atoms with Crippen LogP contribution in [0.4, 0.5) is 11.4 Å². The molecule has 0 fully saturated rings. The zero-order valence-corrected chi connectivity index (χ0v) is 15.9. The van der Waals surface area contributed by atoms with Gasteiger partial charge in [0.25, 0.3) is 0 Å². The lowest BCUT2D eigenvalue weighted by Gasteiger charge is -2.12. The van der Waals surface area contributed by atoms with Gasteiger partial charge in [0.05, 0.1) is 6.10 Å². The fourth-order valence-electron chi connectivity index (χ4n) is 2.66. The Kier molecular flexibility index (Phi) is 6.03. The van der Waals surface area contributed by atoms with Crippen molar-refractivity contribution in [1.82, 2.24) is 5.32 Å². The van der Waals surface area contributed by atoms with E-state index >= 15 is 0 Å². The SMILES string of the molecule is CC(=O)Nc1ccc(NC(=O)C(=O)NCC(O)c2csc3ccccc23)cc1. The second kappa shape index (κ2) is 8.64. The van der Waals surface area contributed by atoms with Gasteiger partial charge >= 0.3 is 11.8 Å². The molecular weight excluding hydrogens is 378 g/mol. The van der Waals surface area contributed by atoms with Crippen molar-refractivity contribution in [1.29, 1.82) is 0 Å². The Bertz CT molecular complexity index is 1010. The molecule has 0 aliphatic heterocycles. The summed E-state index contributed by atoms with van der Waals surface area (Å²) in [5.41, 5.74) is 1.72. The maximum Gasteiger partial charge on any atom is 0.313 e. The number of carbonyl (C=O) groups is 3. The summed E-state index contributed by atoms with van der Waals surface area (Å²) in [7, 11) is 0. The van der Waals surface area contributed by atoms with Crippen molar-refractivity contribution in [2.24, 2.45) is 0 Å². The average Bonchev–Trinajstić information content (AvgIpc) is 3.11. The lowest BCUT2D eigenvalue weighted by atomic mass is 10.1. The molecule has 1 heterocycles. The summed E-state index contributed by atoms with van der Waals surface area (Å²) >= 11 is 1.51. The van der Waals surface area contributed by atoms with Crippen molar-refractivity contribution < 1.29 is 19.5 Å². The Morgan fingerprint density at radius 2 is 1.61 bits per heavy atom. The van der Waals surface area contributed by atoms with Gasteiger partial charge in [0.1, 0.15) is 0 Å². The van der Waals surface area contributed by atoms with Crippen molar-refractivity contribution in [2.45, 2.75) is 13.0 Å². The maximum absolute atomic E-state index is 12.0. The van der Waals surface area contributed by atoms with Gasteiger partial charge in [-0.3, -0.25) is 14.4 Å². The van der Waals surface area contributed by atoms with E-state index in [4.69, 9.17) is 0 Å². The smallest absolute Gasteiger partial charge is 0.313 e. The molecule has 144 valence electrons. The first kappa shape index (κ1) is 19.5. The summed E-state index contributed by atoms with van der Waals surface area (Å²) in [6.07, 6.45) is -0.912.